The molecule has 88 valence electrons. The molecule has 2 N–H and O–H groups in total. The molecule has 1 aromatic heterocycles. The van der Waals surface area contributed by atoms with Gasteiger partial charge < -0.3 is 5.73 Å². The van der Waals surface area contributed by atoms with Crippen LogP contribution < -0.4 is 5.73 Å². The molecule has 5 heteroatoms. The Hall–Kier alpha value is -0.610. The van der Waals surface area contributed by atoms with Crippen molar-refractivity contribution in [2.24, 2.45) is 5.73 Å². The Morgan fingerprint density at radius 3 is 2.44 bits per heavy atom. The second-order valence-corrected chi connectivity index (χ2v) is 4.09. The summed E-state index contributed by atoms with van der Waals surface area (Å²) >= 11 is 1.61. The highest BCUT2D eigenvalue weighted by atomic mass is 35.5. The van der Waals surface area contributed by atoms with Crippen LogP contribution in [0.4, 0.5) is 0 Å². The minimum atomic E-state index is 0. The average molecular weight is 277 g/mol. The molecule has 16 heavy (non-hydrogen) atoms. The molecule has 1 heterocycles. The van der Waals surface area contributed by atoms with Crippen LogP contribution in [0, 0.1) is 0 Å². The van der Waals surface area contributed by atoms with Gasteiger partial charge in [0.25, 0.3) is 0 Å². The van der Waals surface area contributed by atoms with Crippen molar-refractivity contribution in [1.82, 2.24) is 4.98 Å². The third-order valence-corrected chi connectivity index (χ3v) is 2.97. The number of thiazole rings is 1. The first-order valence-corrected chi connectivity index (χ1v) is 5.43. The number of rotatable bonds is 3. The summed E-state index contributed by atoms with van der Waals surface area (Å²) in [5.41, 5.74) is 7.28. The van der Waals surface area contributed by atoms with Crippen molar-refractivity contribution in [3.05, 3.63) is 52.5 Å². The zero-order valence-electron chi connectivity index (χ0n) is 8.58. The van der Waals surface area contributed by atoms with E-state index >= 15 is 0 Å². The highest BCUT2D eigenvalue weighted by Crippen LogP contribution is 2.17. The molecule has 2 rings (SSSR count). The monoisotopic (exact) mass is 276 g/mol. The topological polar surface area (TPSA) is 38.9 Å². The molecule has 2 nitrogen and oxygen atoms in total. The standard InChI is InChI=1S/C11H12N2S.2ClH/c12-10(11-13-6-7-14-11)8-9-4-2-1-3-5-9;;/h1-7,10H,8,12H2;2*1H/t10-;;/m1../s1. The quantitative estimate of drug-likeness (QED) is 0.935. The van der Waals surface area contributed by atoms with Crippen molar-refractivity contribution in [1.29, 1.82) is 0 Å². The molecule has 0 spiro atoms. The largest absolute Gasteiger partial charge is 0.322 e. The van der Waals surface area contributed by atoms with Gasteiger partial charge in [0.2, 0.25) is 0 Å². The summed E-state index contributed by atoms with van der Waals surface area (Å²) in [5.74, 6) is 0. The first kappa shape index (κ1) is 15.4. The maximum atomic E-state index is 6.02. The lowest BCUT2D eigenvalue weighted by atomic mass is 10.1. The first-order valence-electron chi connectivity index (χ1n) is 4.55. The third kappa shape index (κ3) is 4.10. The van der Waals surface area contributed by atoms with Crippen LogP contribution in [0.2, 0.25) is 0 Å². The maximum Gasteiger partial charge on any atom is 0.110 e. The smallest absolute Gasteiger partial charge is 0.110 e. The molecule has 0 aliphatic carbocycles. The van der Waals surface area contributed by atoms with Gasteiger partial charge in [0, 0.05) is 11.6 Å². The van der Waals surface area contributed by atoms with Crippen molar-refractivity contribution in [3.63, 3.8) is 0 Å². The number of hydrogen-bond donors (Lipinski definition) is 1. The van der Waals surface area contributed by atoms with Crippen molar-refractivity contribution >= 4 is 36.2 Å². The zero-order valence-corrected chi connectivity index (χ0v) is 11.0. The van der Waals surface area contributed by atoms with Gasteiger partial charge in [0.05, 0.1) is 6.04 Å². The highest BCUT2D eigenvalue weighted by Gasteiger charge is 2.08. The average Bonchev–Trinajstić information content (AvgIpc) is 2.72. The van der Waals surface area contributed by atoms with Crippen LogP contribution in [-0.4, -0.2) is 4.98 Å². The fourth-order valence-corrected chi connectivity index (χ4v) is 2.01. The van der Waals surface area contributed by atoms with Gasteiger partial charge in [-0.2, -0.15) is 0 Å². The SMILES string of the molecule is Cl.Cl.N[C@H](Cc1ccccc1)c1nccs1. The lowest BCUT2D eigenvalue weighted by Crippen LogP contribution is -2.12. The number of nitrogens with two attached hydrogens (primary N) is 1. The van der Waals surface area contributed by atoms with E-state index in [1.165, 1.54) is 5.56 Å². The van der Waals surface area contributed by atoms with Gasteiger partial charge in [-0.15, -0.1) is 36.2 Å². The lowest BCUT2D eigenvalue weighted by molar-refractivity contribution is 0.715. The molecule has 0 fully saturated rings. The van der Waals surface area contributed by atoms with Crippen molar-refractivity contribution in [2.45, 2.75) is 12.5 Å². The van der Waals surface area contributed by atoms with E-state index in [0.717, 1.165) is 11.4 Å². The summed E-state index contributed by atoms with van der Waals surface area (Å²) in [7, 11) is 0. The molecule has 1 atom stereocenters. The van der Waals surface area contributed by atoms with Crippen LogP contribution in [0.15, 0.2) is 41.9 Å². The van der Waals surface area contributed by atoms with E-state index in [9.17, 15) is 0 Å². The zero-order chi connectivity index (χ0) is 9.80. The summed E-state index contributed by atoms with van der Waals surface area (Å²) in [6, 6.07) is 10.3. The van der Waals surface area contributed by atoms with E-state index in [0.29, 0.717) is 0 Å². The van der Waals surface area contributed by atoms with Crippen LogP contribution in [0.1, 0.15) is 16.6 Å². The van der Waals surface area contributed by atoms with E-state index in [4.69, 9.17) is 5.73 Å². The molecule has 0 saturated heterocycles. The van der Waals surface area contributed by atoms with Gasteiger partial charge in [-0.05, 0) is 12.0 Å². The van der Waals surface area contributed by atoms with E-state index in [2.05, 4.69) is 17.1 Å². The van der Waals surface area contributed by atoms with Gasteiger partial charge >= 0.3 is 0 Å². The first-order chi connectivity index (χ1) is 6.86. The minimum Gasteiger partial charge on any atom is -0.322 e. The Bertz CT molecular complexity index is 378. The van der Waals surface area contributed by atoms with Gasteiger partial charge in [-0.3, -0.25) is 0 Å². The molecule has 0 aliphatic heterocycles. The summed E-state index contributed by atoms with van der Waals surface area (Å²) < 4.78 is 0. The summed E-state index contributed by atoms with van der Waals surface area (Å²) in [6.07, 6.45) is 2.65. The van der Waals surface area contributed by atoms with Crippen LogP contribution in [0.3, 0.4) is 0 Å². The summed E-state index contributed by atoms with van der Waals surface area (Å²) in [5, 5.41) is 2.97. The molecular formula is C11H14Cl2N2S. The van der Waals surface area contributed by atoms with Gasteiger partial charge in [-0.1, -0.05) is 30.3 Å². The van der Waals surface area contributed by atoms with E-state index in [1.807, 2.05) is 23.6 Å². The highest BCUT2D eigenvalue weighted by molar-refractivity contribution is 7.09. The fourth-order valence-electron chi connectivity index (χ4n) is 1.37. The number of benzene rings is 1. The van der Waals surface area contributed by atoms with E-state index in [-0.39, 0.29) is 30.9 Å². The van der Waals surface area contributed by atoms with Gasteiger partial charge in [-0.25, -0.2) is 4.98 Å². The number of halogens is 2. The second kappa shape index (κ2) is 7.63. The summed E-state index contributed by atoms with van der Waals surface area (Å²) in [6.45, 7) is 0. The fraction of sp³-hybridized carbons (Fsp3) is 0.182. The predicted molar refractivity (Wildman–Crippen MR) is 73.7 cm³/mol. The normalized spacial score (nSPS) is 11.1. The molecule has 0 bridgehead atoms. The van der Waals surface area contributed by atoms with Gasteiger partial charge in [0.1, 0.15) is 5.01 Å². The Labute approximate surface area is 112 Å². The van der Waals surface area contributed by atoms with Crippen molar-refractivity contribution in [3.8, 4) is 0 Å². The summed E-state index contributed by atoms with van der Waals surface area (Å²) in [4.78, 5) is 4.21. The van der Waals surface area contributed by atoms with Crippen molar-refractivity contribution in [2.75, 3.05) is 0 Å². The molecule has 1 aromatic carbocycles. The Morgan fingerprint density at radius 2 is 1.88 bits per heavy atom. The minimum absolute atomic E-state index is 0. The van der Waals surface area contributed by atoms with Crippen LogP contribution in [0.25, 0.3) is 0 Å². The third-order valence-electron chi connectivity index (χ3n) is 2.07. The molecular weight excluding hydrogens is 263 g/mol. The van der Waals surface area contributed by atoms with Crippen LogP contribution in [-0.2, 0) is 6.42 Å². The predicted octanol–water partition coefficient (Wildman–Crippen LogP) is 3.23. The number of nitrogens with zero attached hydrogens (tertiary/aromatic N) is 1. The molecule has 2 aromatic rings. The van der Waals surface area contributed by atoms with Crippen molar-refractivity contribution < 1.29 is 0 Å². The van der Waals surface area contributed by atoms with E-state index < -0.39 is 0 Å². The van der Waals surface area contributed by atoms with Crippen LogP contribution in [0.5, 0.6) is 0 Å². The lowest BCUT2D eigenvalue weighted by Gasteiger charge is -2.07. The number of hydrogen-bond acceptors (Lipinski definition) is 3. The molecule has 0 amide bonds. The molecule has 0 aliphatic rings. The molecule has 0 radical (unpaired) electrons. The second-order valence-electron chi connectivity index (χ2n) is 3.17. The van der Waals surface area contributed by atoms with E-state index in [1.54, 1.807) is 17.5 Å². The molecule has 0 unspecified atom stereocenters. The van der Waals surface area contributed by atoms with Gasteiger partial charge in [0.15, 0.2) is 0 Å². The number of aromatic nitrogens is 1. The Balaban J connectivity index is 0.00000112. The maximum absolute atomic E-state index is 6.02. The Morgan fingerprint density at radius 1 is 1.19 bits per heavy atom. The molecule has 0 saturated carbocycles. The Kier molecular flexibility index (Phi) is 7.34. The van der Waals surface area contributed by atoms with Crippen LogP contribution >= 0.6 is 36.2 Å².